The minimum Gasteiger partial charge on any atom is -0.506 e. The molecule has 0 bridgehead atoms. The molecule has 10 nitrogen and oxygen atoms in total. The Morgan fingerprint density at radius 1 is 0.811 bits per heavy atom. The minimum atomic E-state index is -0.564. The molecule has 0 radical (unpaired) electrons. The Morgan fingerprint density at radius 2 is 1.41 bits per heavy atom. The lowest BCUT2D eigenvalue weighted by Crippen LogP contribution is -2.08. The number of anilines is 1. The highest BCUT2D eigenvalue weighted by molar-refractivity contribution is 6.03. The third-order valence-corrected chi connectivity index (χ3v) is 5.26. The van der Waals surface area contributed by atoms with Crippen molar-refractivity contribution < 1.29 is 33.8 Å². The zero-order valence-corrected chi connectivity index (χ0v) is 20.7. The Morgan fingerprint density at radius 3 is 2.00 bits per heavy atom. The first-order valence-corrected chi connectivity index (χ1v) is 10.9. The summed E-state index contributed by atoms with van der Waals surface area (Å²) in [6.45, 7) is 0. The van der Waals surface area contributed by atoms with Crippen molar-refractivity contribution in [2.45, 2.75) is 0 Å². The van der Waals surface area contributed by atoms with E-state index in [4.69, 9.17) is 18.9 Å². The van der Waals surface area contributed by atoms with Crippen molar-refractivity contribution in [1.82, 2.24) is 0 Å². The van der Waals surface area contributed by atoms with Gasteiger partial charge in [0.1, 0.15) is 5.75 Å². The molecule has 0 aliphatic carbocycles. The summed E-state index contributed by atoms with van der Waals surface area (Å²) in [4.78, 5) is 23.1. The van der Waals surface area contributed by atoms with Gasteiger partial charge in [0.25, 0.3) is 0 Å². The van der Waals surface area contributed by atoms with E-state index >= 15 is 0 Å². The van der Waals surface area contributed by atoms with E-state index in [0.29, 0.717) is 28.4 Å². The molecule has 0 aromatic heterocycles. The average Bonchev–Trinajstić information content (AvgIpc) is 2.91. The lowest BCUT2D eigenvalue weighted by Gasteiger charge is -2.12. The monoisotopic (exact) mass is 506 g/mol. The number of carbonyl (C=O) groups is 1. The molecule has 37 heavy (non-hydrogen) atoms. The lowest BCUT2D eigenvalue weighted by molar-refractivity contribution is -0.385. The van der Waals surface area contributed by atoms with E-state index in [-0.39, 0.29) is 22.9 Å². The number of phenolic OH excluding ortho intramolecular Hbond substituents is 1. The van der Waals surface area contributed by atoms with Gasteiger partial charge >= 0.3 is 5.69 Å². The highest BCUT2D eigenvalue weighted by Gasteiger charge is 2.15. The molecule has 3 aromatic rings. The van der Waals surface area contributed by atoms with E-state index in [9.17, 15) is 20.0 Å². The third-order valence-electron chi connectivity index (χ3n) is 5.26. The number of rotatable bonds is 10. The molecule has 10 heteroatoms. The third kappa shape index (κ3) is 6.57. The van der Waals surface area contributed by atoms with E-state index < -0.39 is 10.8 Å². The molecule has 0 aliphatic rings. The van der Waals surface area contributed by atoms with Crippen LogP contribution in [0.3, 0.4) is 0 Å². The van der Waals surface area contributed by atoms with Gasteiger partial charge in [0, 0.05) is 12.1 Å². The Hall–Kier alpha value is -4.99. The molecule has 0 fully saturated rings. The van der Waals surface area contributed by atoms with Crippen molar-refractivity contribution in [1.29, 1.82) is 0 Å². The van der Waals surface area contributed by atoms with E-state index in [1.165, 1.54) is 58.8 Å². The number of nitro groups is 1. The minimum absolute atomic E-state index is 0.118. The number of methoxy groups -OCH3 is 4. The number of ether oxygens (including phenoxy) is 4. The first-order valence-electron chi connectivity index (χ1n) is 10.9. The summed E-state index contributed by atoms with van der Waals surface area (Å²) in [7, 11) is 5.93. The van der Waals surface area contributed by atoms with Gasteiger partial charge in [-0.1, -0.05) is 24.3 Å². The Balaban J connectivity index is 1.77. The summed E-state index contributed by atoms with van der Waals surface area (Å²) in [6.07, 6.45) is 6.25. The van der Waals surface area contributed by atoms with Crippen molar-refractivity contribution in [3.8, 4) is 28.7 Å². The number of phenols is 1. The van der Waals surface area contributed by atoms with Crippen LogP contribution in [0.15, 0.2) is 54.6 Å². The van der Waals surface area contributed by atoms with Crippen molar-refractivity contribution in [3.05, 3.63) is 81.4 Å². The molecule has 0 saturated heterocycles. The molecule has 0 spiro atoms. The van der Waals surface area contributed by atoms with E-state index in [2.05, 4.69) is 5.32 Å². The van der Waals surface area contributed by atoms with Gasteiger partial charge in [0.05, 0.1) is 39.0 Å². The maximum absolute atomic E-state index is 12.4. The molecule has 3 aromatic carbocycles. The molecule has 2 N–H and O–H groups in total. The molecular weight excluding hydrogens is 480 g/mol. The van der Waals surface area contributed by atoms with Crippen LogP contribution in [0.1, 0.15) is 16.7 Å². The zero-order chi connectivity index (χ0) is 26.9. The maximum atomic E-state index is 12.4. The second-order valence-corrected chi connectivity index (χ2v) is 7.58. The van der Waals surface area contributed by atoms with E-state index in [1.807, 2.05) is 6.08 Å². The number of nitro benzene ring substituents is 1. The summed E-state index contributed by atoms with van der Waals surface area (Å²) < 4.78 is 21.0. The summed E-state index contributed by atoms with van der Waals surface area (Å²) in [5.41, 5.74) is 1.91. The molecule has 0 heterocycles. The second kappa shape index (κ2) is 12.1. The van der Waals surface area contributed by atoms with Crippen LogP contribution in [0.4, 0.5) is 11.4 Å². The standard InChI is InChI=1S/C27H26N2O8/c1-34-23-11-8-18(14-21(23)29(32)33)9-12-26(31)28-20-13-17(7-10-22(20)30)5-6-19-15-24(35-2)27(37-4)25(16-19)36-3/h5-16,30H,1-4H3,(H,28,31)/b6-5?,12-9+. The molecule has 3 rings (SSSR count). The quantitative estimate of drug-likeness (QED) is 0.127. The van der Waals surface area contributed by atoms with Crippen LogP contribution in [-0.2, 0) is 4.79 Å². The number of nitrogens with zero attached hydrogens (tertiary/aromatic N) is 1. The fourth-order valence-electron chi connectivity index (χ4n) is 3.45. The number of benzene rings is 3. The summed E-state index contributed by atoms with van der Waals surface area (Å²) in [5.74, 6) is 0.969. The van der Waals surface area contributed by atoms with Crippen molar-refractivity contribution in [2.75, 3.05) is 33.8 Å². The van der Waals surface area contributed by atoms with Gasteiger partial charge in [0.2, 0.25) is 11.7 Å². The molecule has 1 amide bonds. The topological polar surface area (TPSA) is 129 Å². The first-order chi connectivity index (χ1) is 17.8. The van der Waals surface area contributed by atoms with Crippen LogP contribution in [0.5, 0.6) is 28.7 Å². The molecular formula is C27H26N2O8. The second-order valence-electron chi connectivity index (χ2n) is 7.58. The normalized spacial score (nSPS) is 10.9. The van der Waals surface area contributed by atoms with Crippen LogP contribution in [0.2, 0.25) is 0 Å². The Kier molecular flexibility index (Phi) is 8.71. The Bertz CT molecular complexity index is 1340. The smallest absolute Gasteiger partial charge is 0.311 e. The van der Waals surface area contributed by atoms with Gasteiger partial charge in [-0.3, -0.25) is 14.9 Å². The largest absolute Gasteiger partial charge is 0.506 e. The molecule has 192 valence electrons. The number of carbonyl (C=O) groups excluding carboxylic acids is 1. The van der Waals surface area contributed by atoms with Crippen LogP contribution in [0, 0.1) is 10.1 Å². The number of hydrogen-bond donors (Lipinski definition) is 2. The highest BCUT2D eigenvalue weighted by atomic mass is 16.6. The highest BCUT2D eigenvalue weighted by Crippen LogP contribution is 2.38. The predicted octanol–water partition coefficient (Wildman–Crippen LogP) is 5.16. The molecule has 0 saturated carbocycles. The lowest BCUT2D eigenvalue weighted by atomic mass is 10.1. The first kappa shape index (κ1) is 26.6. The number of hydrogen-bond acceptors (Lipinski definition) is 8. The number of aromatic hydroxyl groups is 1. The van der Waals surface area contributed by atoms with Crippen LogP contribution in [0.25, 0.3) is 18.2 Å². The van der Waals surface area contributed by atoms with Crippen LogP contribution >= 0.6 is 0 Å². The average molecular weight is 507 g/mol. The molecule has 0 atom stereocenters. The predicted molar refractivity (Wildman–Crippen MR) is 140 cm³/mol. The van der Waals surface area contributed by atoms with Crippen LogP contribution in [-0.4, -0.2) is 44.4 Å². The number of nitrogens with one attached hydrogen (secondary N) is 1. The fraction of sp³-hybridized carbons (Fsp3) is 0.148. The van der Waals surface area contributed by atoms with Gasteiger partial charge in [-0.2, -0.15) is 0 Å². The van der Waals surface area contributed by atoms with E-state index in [0.717, 1.165) is 5.56 Å². The SMILES string of the molecule is COc1ccc(/C=C/C(=O)Nc2cc(C=Cc3cc(OC)c(OC)c(OC)c3)ccc2O)cc1[N+](=O)[O-]. The van der Waals surface area contributed by atoms with Gasteiger partial charge in [-0.15, -0.1) is 0 Å². The van der Waals surface area contributed by atoms with Crippen molar-refractivity contribution in [2.24, 2.45) is 0 Å². The zero-order valence-electron chi connectivity index (χ0n) is 20.7. The summed E-state index contributed by atoms with van der Waals surface area (Å²) in [6, 6.07) is 12.7. The summed E-state index contributed by atoms with van der Waals surface area (Å²) >= 11 is 0. The van der Waals surface area contributed by atoms with Gasteiger partial charge in [-0.05, 0) is 53.1 Å². The van der Waals surface area contributed by atoms with Gasteiger partial charge in [-0.25, -0.2) is 0 Å². The molecule has 0 unspecified atom stereocenters. The van der Waals surface area contributed by atoms with Crippen molar-refractivity contribution in [3.63, 3.8) is 0 Å². The van der Waals surface area contributed by atoms with Crippen LogP contribution < -0.4 is 24.3 Å². The van der Waals surface area contributed by atoms with Gasteiger partial charge in [0.15, 0.2) is 17.2 Å². The fourth-order valence-corrected chi connectivity index (χ4v) is 3.45. The van der Waals surface area contributed by atoms with Crippen molar-refractivity contribution >= 4 is 35.5 Å². The molecule has 0 aliphatic heterocycles. The van der Waals surface area contributed by atoms with Gasteiger partial charge < -0.3 is 29.4 Å². The Labute approximate surface area is 213 Å². The maximum Gasteiger partial charge on any atom is 0.311 e. The summed E-state index contributed by atoms with van der Waals surface area (Å²) in [5, 5.41) is 24.0. The van der Waals surface area contributed by atoms with E-state index in [1.54, 1.807) is 36.4 Å². The number of amides is 1.